The quantitative estimate of drug-likeness (QED) is 0.440. The van der Waals surface area contributed by atoms with E-state index in [9.17, 15) is 19.5 Å². The number of hydrogen-bond acceptors (Lipinski definition) is 6. The van der Waals surface area contributed by atoms with E-state index >= 15 is 0 Å². The maximum atomic E-state index is 14.5. The predicted molar refractivity (Wildman–Crippen MR) is 148 cm³/mol. The molecule has 7 heteroatoms. The van der Waals surface area contributed by atoms with E-state index in [0.29, 0.717) is 12.2 Å². The average molecular weight is 552 g/mol. The van der Waals surface area contributed by atoms with Crippen molar-refractivity contribution in [3.63, 3.8) is 0 Å². The van der Waals surface area contributed by atoms with Crippen LogP contribution >= 0.6 is 0 Å². The van der Waals surface area contributed by atoms with Crippen LogP contribution in [0.25, 0.3) is 0 Å². The van der Waals surface area contributed by atoms with Gasteiger partial charge >= 0.3 is 11.9 Å². The zero-order valence-electron chi connectivity index (χ0n) is 25.2. The Hall–Kier alpha value is -2.44. The fraction of sp³-hybridized carbons (Fsp3) is 0.758. The highest BCUT2D eigenvalue weighted by Crippen LogP contribution is 2.75. The van der Waals surface area contributed by atoms with E-state index in [1.54, 1.807) is 6.20 Å². The van der Waals surface area contributed by atoms with Gasteiger partial charge in [-0.15, -0.1) is 0 Å². The molecule has 0 amide bonds. The zero-order valence-corrected chi connectivity index (χ0v) is 25.2. The van der Waals surface area contributed by atoms with Gasteiger partial charge in [0, 0.05) is 16.9 Å². The first-order valence-electron chi connectivity index (χ1n) is 15.1. The topological polar surface area (TPSA) is 107 Å². The summed E-state index contributed by atoms with van der Waals surface area (Å²) in [6.07, 6.45) is 10.2. The number of hydrogen-bond donors (Lipinski definition) is 1. The van der Waals surface area contributed by atoms with Crippen LogP contribution in [0.15, 0.2) is 22.4 Å². The molecule has 218 valence electrons. The summed E-state index contributed by atoms with van der Waals surface area (Å²) in [6.45, 7) is 13.5. The van der Waals surface area contributed by atoms with E-state index in [2.05, 4.69) is 39.8 Å². The summed E-state index contributed by atoms with van der Waals surface area (Å²) in [5.74, 6) is -0.446. The van der Waals surface area contributed by atoms with Gasteiger partial charge in [-0.25, -0.2) is 0 Å². The van der Waals surface area contributed by atoms with Gasteiger partial charge in [-0.05, 0) is 90.9 Å². The Labute approximate surface area is 237 Å². The van der Waals surface area contributed by atoms with Crippen molar-refractivity contribution in [2.75, 3.05) is 7.11 Å². The molecule has 0 aliphatic heterocycles. The third-order valence-corrected chi connectivity index (χ3v) is 13.3. The first-order valence-corrected chi connectivity index (χ1v) is 15.1. The van der Waals surface area contributed by atoms with E-state index in [-0.39, 0.29) is 52.2 Å². The maximum absolute atomic E-state index is 14.5. The lowest BCUT2D eigenvalue weighted by Gasteiger charge is -2.69. The number of nitrogens with zero attached hydrogens (tertiary/aromatic N) is 1. The third-order valence-electron chi connectivity index (χ3n) is 13.3. The standard InChI is InChI=1S/C33H45NO6/c1-28(2)10-12-33(27(38)39-7)13-11-32(6)25(20(33)16-28)21(35)14-23-29(3)15-19-18-34-40-26(19)30(4,17-24(36)37)22(29)8-9-31(23,32)5/h14,18,20,22,25H,8-13,15-17H2,1-7H3,(H,36,37)/t20-,22+,25-,29-,30-,31+,32+,33-/m0/s1. The Morgan fingerprint density at radius 3 is 2.45 bits per heavy atom. The highest BCUT2D eigenvalue weighted by Gasteiger charge is 2.71. The smallest absolute Gasteiger partial charge is 0.312 e. The Kier molecular flexibility index (Phi) is 5.76. The minimum Gasteiger partial charge on any atom is -0.481 e. The summed E-state index contributed by atoms with van der Waals surface area (Å²) < 4.78 is 11.2. The number of carboxylic acids is 1. The van der Waals surface area contributed by atoms with Gasteiger partial charge in [0.15, 0.2) is 5.78 Å². The van der Waals surface area contributed by atoms with Crippen molar-refractivity contribution in [2.45, 2.75) is 105 Å². The van der Waals surface area contributed by atoms with Crippen LogP contribution in [0.2, 0.25) is 0 Å². The van der Waals surface area contributed by atoms with Crippen LogP contribution in [-0.4, -0.2) is 35.1 Å². The maximum Gasteiger partial charge on any atom is 0.312 e. The molecule has 8 atom stereocenters. The minimum atomic E-state index is -0.852. The first-order chi connectivity index (χ1) is 18.6. The highest BCUT2D eigenvalue weighted by atomic mass is 16.5. The Morgan fingerprint density at radius 2 is 1.77 bits per heavy atom. The molecule has 40 heavy (non-hydrogen) atoms. The van der Waals surface area contributed by atoms with Gasteiger partial charge in [-0.1, -0.05) is 52.3 Å². The molecule has 5 aliphatic rings. The van der Waals surface area contributed by atoms with Crippen molar-refractivity contribution in [3.05, 3.63) is 29.2 Å². The normalized spacial score (nSPS) is 45.1. The van der Waals surface area contributed by atoms with Gasteiger partial charge in [-0.2, -0.15) is 0 Å². The molecule has 3 saturated carbocycles. The Balaban J connectivity index is 1.51. The van der Waals surface area contributed by atoms with Crippen LogP contribution in [0.5, 0.6) is 0 Å². The van der Waals surface area contributed by atoms with E-state index in [0.717, 1.165) is 50.5 Å². The molecule has 0 radical (unpaired) electrons. The minimum absolute atomic E-state index is 0.00943. The number of aromatic nitrogens is 1. The molecule has 1 aromatic rings. The van der Waals surface area contributed by atoms with E-state index in [1.807, 2.05) is 13.0 Å². The number of carbonyl (C=O) groups excluding carboxylic acids is 2. The largest absolute Gasteiger partial charge is 0.481 e. The molecule has 0 aromatic carbocycles. The molecular formula is C33H45NO6. The van der Waals surface area contributed by atoms with Crippen molar-refractivity contribution in [1.82, 2.24) is 5.16 Å². The van der Waals surface area contributed by atoms with Crippen LogP contribution in [0.3, 0.4) is 0 Å². The monoisotopic (exact) mass is 551 g/mol. The van der Waals surface area contributed by atoms with Crippen molar-refractivity contribution in [3.8, 4) is 0 Å². The van der Waals surface area contributed by atoms with Crippen LogP contribution in [0.1, 0.15) is 104 Å². The average Bonchev–Trinajstić information content (AvgIpc) is 3.33. The lowest BCUT2D eigenvalue weighted by molar-refractivity contribution is -0.192. The van der Waals surface area contributed by atoms with Crippen LogP contribution < -0.4 is 0 Å². The van der Waals surface area contributed by atoms with Crippen LogP contribution in [0.4, 0.5) is 0 Å². The van der Waals surface area contributed by atoms with Gasteiger partial charge in [-0.3, -0.25) is 14.4 Å². The van der Waals surface area contributed by atoms with Gasteiger partial charge in [0.25, 0.3) is 0 Å². The summed E-state index contributed by atoms with van der Waals surface area (Å²) in [5.41, 5.74) is -0.0960. The number of allylic oxidation sites excluding steroid dienone is 2. The number of fused-ring (bicyclic) bond motifs is 8. The number of carbonyl (C=O) groups is 3. The summed E-state index contributed by atoms with van der Waals surface area (Å²) in [6, 6.07) is 0. The van der Waals surface area contributed by atoms with Gasteiger partial charge in [0.05, 0.1) is 25.1 Å². The van der Waals surface area contributed by atoms with E-state index in [1.165, 1.54) is 12.7 Å². The van der Waals surface area contributed by atoms with Gasteiger partial charge in [0.2, 0.25) is 0 Å². The van der Waals surface area contributed by atoms with Crippen molar-refractivity contribution in [1.29, 1.82) is 0 Å². The molecule has 7 nitrogen and oxygen atoms in total. The number of aliphatic carboxylic acids is 1. The lowest BCUT2D eigenvalue weighted by Crippen LogP contribution is -2.66. The first kappa shape index (κ1) is 27.7. The van der Waals surface area contributed by atoms with Crippen molar-refractivity contribution < 1.29 is 28.8 Å². The second kappa shape index (κ2) is 8.32. The number of esters is 1. The molecule has 0 unspecified atom stereocenters. The van der Waals surface area contributed by atoms with Gasteiger partial charge in [0.1, 0.15) is 5.76 Å². The number of rotatable bonds is 3. The lowest BCUT2D eigenvalue weighted by atomic mass is 9.34. The van der Waals surface area contributed by atoms with Crippen LogP contribution in [0, 0.1) is 44.8 Å². The molecule has 1 heterocycles. The summed E-state index contributed by atoms with van der Waals surface area (Å²) >= 11 is 0. The molecule has 1 aromatic heterocycles. The Bertz CT molecular complexity index is 1330. The summed E-state index contributed by atoms with van der Waals surface area (Å²) in [7, 11) is 1.49. The molecule has 0 spiro atoms. The number of ketones is 1. The van der Waals surface area contributed by atoms with E-state index in [4.69, 9.17) is 9.26 Å². The van der Waals surface area contributed by atoms with Gasteiger partial charge < -0.3 is 14.4 Å². The number of ether oxygens (including phenoxy) is 1. The second-order valence-electron chi connectivity index (χ2n) is 15.7. The zero-order chi connectivity index (χ0) is 29.1. The summed E-state index contributed by atoms with van der Waals surface area (Å²) in [4.78, 5) is 40.2. The number of carboxylic acid groups (broad SMARTS) is 1. The third kappa shape index (κ3) is 3.29. The van der Waals surface area contributed by atoms with Crippen molar-refractivity contribution >= 4 is 17.7 Å². The van der Waals surface area contributed by atoms with Crippen LogP contribution in [-0.2, 0) is 31.0 Å². The Morgan fingerprint density at radius 1 is 1.07 bits per heavy atom. The summed E-state index contributed by atoms with van der Waals surface area (Å²) in [5, 5.41) is 14.1. The number of methoxy groups -OCH3 is 1. The van der Waals surface area contributed by atoms with E-state index < -0.39 is 22.2 Å². The fourth-order valence-corrected chi connectivity index (χ4v) is 11.2. The second-order valence-corrected chi connectivity index (χ2v) is 15.7. The molecule has 1 N–H and O–H groups in total. The molecule has 3 fully saturated rings. The molecule has 0 saturated heterocycles. The predicted octanol–water partition coefficient (Wildman–Crippen LogP) is 6.30. The molecule has 5 aliphatic carbocycles. The highest BCUT2D eigenvalue weighted by molar-refractivity contribution is 5.96. The fourth-order valence-electron chi connectivity index (χ4n) is 11.2. The molecule has 6 rings (SSSR count). The van der Waals surface area contributed by atoms with Crippen molar-refractivity contribution in [2.24, 2.45) is 44.8 Å². The molecular weight excluding hydrogens is 506 g/mol. The SMILES string of the molecule is COC(=O)[C@]12CCC(C)(C)C[C@H]1[C@H]1C(=O)C=C3[C@@]4(C)Cc5cnoc5[C@@](C)(CC(=O)O)[C@@H]4CC[C@@]3(C)[C@]1(C)CC2. The molecule has 0 bridgehead atoms.